The molecule has 0 amide bonds. The first kappa shape index (κ1) is 19.1. The minimum Gasteiger partial charge on any atom is -0.508 e. The second-order valence-electron chi connectivity index (χ2n) is 7.89. The molecular formula is C24H24N6O. The Hall–Kier alpha value is -3.87. The van der Waals surface area contributed by atoms with E-state index in [1.54, 1.807) is 4.52 Å². The molecule has 1 atom stereocenters. The Morgan fingerprint density at radius 2 is 2.03 bits per heavy atom. The van der Waals surface area contributed by atoms with Crippen molar-refractivity contribution in [2.24, 2.45) is 0 Å². The molecular weight excluding hydrogens is 388 g/mol. The molecule has 0 saturated carbocycles. The second-order valence-corrected chi connectivity index (χ2v) is 7.89. The van der Waals surface area contributed by atoms with Gasteiger partial charge in [0.25, 0.3) is 0 Å². The Labute approximate surface area is 180 Å². The molecule has 1 aromatic carbocycles. The van der Waals surface area contributed by atoms with E-state index in [0.717, 1.165) is 35.0 Å². The molecule has 3 aromatic heterocycles. The fraction of sp³-hybridized carbons (Fsp3) is 0.208. The zero-order chi connectivity index (χ0) is 21.4. The smallest absolute Gasteiger partial charge is 0.178 e. The van der Waals surface area contributed by atoms with Gasteiger partial charge in [-0.2, -0.15) is 5.10 Å². The van der Waals surface area contributed by atoms with Gasteiger partial charge in [0.1, 0.15) is 23.7 Å². The summed E-state index contributed by atoms with van der Waals surface area (Å²) in [6, 6.07) is 16.2. The standard InChI is InChI=1S/C24H24N6O/c1-16-6-5-11-29(16)23-10-4-9-22(28-23)27-21-13-20(14-30-24(21)25-15-26-30)19-8-3-7-18(12-19)17(2)31/h3-4,7-10,12-16,31H,2,5-6,11H2,1H3,(H,27,28). The summed E-state index contributed by atoms with van der Waals surface area (Å²) in [5.74, 6) is 1.79. The number of benzene rings is 1. The normalized spacial score (nSPS) is 16.0. The lowest BCUT2D eigenvalue weighted by atomic mass is 10.0. The minimum absolute atomic E-state index is 0.0409. The molecule has 0 radical (unpaired) electrons. The van der Waals surface area contributed by atoms with Crippen LogP contribution in [-0.4, -0.2) is 37.3 Å². The first-order valence-electron chi connectivity index (χ1n) is 10.4. The summed E-state index contributed by atoms with van der Waals surface area (Å²) >= 11 is 0. The number of nitrogens with one attached hydrogen (secondary N) is 1. The Balaban J connectivity index is 1.53. The maximum atomic E-state index is 9.77. The third-order valence-electron chi connectivity index (χ3n) is 5.75. The number of nitrogens with zero attached hydrogens (tertiary/aromatic N) is 5. The molecule has 0 bridgehead atoms. The molecule has 2 N–H and O–H groups in total. The zero-order valence-corrected chi connectivity index (χ0v) is 17.4. The van der Waals surface area contributed by atoms with Gasteiger partial charge in [-0.1, -0.05) is 30.8 Å². The Morgan fingerprint density at radius 3 is 2.84 bits per heavy atom. The lowest BCUT2D eigenvalue weighted by Crippen LogP contribution is -2.27. The van der Waals surface area contributed by atoms with Gasteiger partial charge in [-0.3, -0.25) is 0 Å². The van der Waals surface area contributed by atoms with Crippen molar-refractivity contribution in [3.8, 4) is 11.1 Å². The van der Waals surface area contributed by atoms with Crippen LogP contribution in [0.2, 0.25) is 0 Å². The molecule has 7 heteroatoms. The van der Waals surface area contributed by atoms with Crippen LogP contribution in [-0.2, 0) is 0 Å². The molecule has 4 heterocycles. The molecule has 0 aliphatic carbocycles. The van der Waals surface area contributed by atoms with Crippen LogP contribution in [0.5, 0.6) is 0 Å². The Bertz CT molecular complexity index is 1260. The van der Waals surface area contributed by atoms with E-state index in [9.17, 15) is 5.11 Å². The van der Waals surface area contributed by atoms with E-state index < -0.39 is 0 Å². The number of aliphatic hydroxyl groups excluding tert-OH is 1. The van der Waals surface area contributed by atoms with Gasteiger partial charge in [0.15, 0.2) is 5.65 Å². The Morgan fingerprint density at radius 1 is 1.16 bits per heavy atom. The topological polar surface area (TPSA) is 78.6 Å². The monoisotopic (exact) mass is 412 g/mol. The van der Waals surface area contributed by atoms with E-state index in [2.05, 4.69) is 39.9 Å². The summed E-state index contributed by atoms with van der Waals surface area (Å²) in [4.78, 5) is 11.6. The summed E-state index contributed by atoms with van der Waals surface area (Å²) in [7, 11) is 0. The summed E-state index contributed by atoms with van der Waals surface area (Å²) < 4.78 is 1.74. The van der Waals surface area contributed by atoms with Crippen LogP contribution in [0.1, 0.15) is 25.3 Å². The van der Waals surface area contributed by atoms with Gasteiger partial charge in [0.2, 0.25) is 0 Å². The quantitative estimate of drug-likeness (QED) is 0.447. The third-order valence-corrected chi connectivity index (χ3v) is 5.75. The molecule has 5 rings (SSSR count). The first-order chi connectivity index (χ1) is 15.1. The van der Waals surface area contributed by atoms with Crippen LogP contribution in [0.4, 0.5) is 17.3 Å². The third kappa shape index (κ3) is 3.70. The van der Waals surface area contributed by atoms with Gasteiger partial charge in [0, 0.05) is 29.9 Å². The summed E-state index contributed by atoms with van der Waals surface area (Å²) in [6.45, 7) is 6.90. The van der Waals surface area contributed by atoms with Crippen molar-refractivity contribution in [2.45, 2.75) is 25.8 Å². The van der Waals surface area contributed by atoms with E-state index in [0.29, 0.717) is 17.3 Å². The zero-order valence-electron chi connectivity index (χ0n) is 17.4. The van der Waals surface area contributed by atoms with Crippen molar-refractivity contribution < 1.29 is 5.11 Å². The number of hydrogen-bond acceptors (Lipinski definition) is 6. The van der Waals surface area contributed by atoms with Gasteiger partial charge in [0.05, 0.1) is 5.69 Å². The highest BCUT2D eigenvalue weighted by atomic mass is 16.3. The van der Waals surface area contributed by atoms with Crippen molar-refractivity contribution in [1.29, 1.82) is 0 Å². The summed E-state index contributed by atoms with van der Waals surface area (Å²) in [5.41, 5.74) is 4.09. The molecule has 0 spiro atoms. The van der Waals surface area contributed by atoms with Crippen LogP contribution < -0.4 is 10.2 Å². The van der Waals surface area contributed by atoms with Gasteiger partial charge in [-0.05, 0) is 49.6 Å². The summed E-state index contributed by atoms with van der Waals surface area (Å²) in [5, 5.41) is 17.5. The highest BCUT2D eigenvalue weighted by Gasteiger charge is 2.21. The van der Waals surface area contributed by atoms with E-state index in [1.165, 1.54) is 19.2 Å². The van der Waals surface area contributed by atoms with Crippen molar-refractivity contribution in [3.05, 3.63) is 73.2 Å². The van der Waals surface area contributed by atoms with Crippen LogP contribution in [0.25, 0.3) is 22.5 Å². The number of aromatic nitrogens is 4. The van der Waals surface area contributed by atoms with Crippen LogP contribution in [0.3, 0.4) is 0 Å². The predicted octanol–water partition coefficient (Wildman–Crippen LogP) is 5.05. The van der Waals surface area contributed by atoms with Crippen molar-refractivity contribution in [2.75, 3.05) is 16.8 Å². The van der Waals surface area contributed by atoms with E-state index in [1.807, 2.05) is 48.7 Å². The maximum absolute atomic E-state index is 9.77. The van der Waals surface area contributed by atoms with Crippen molar-refractivity contribution >= 4 is 28.7 Å². The molecule has 1 unspecified atom stereocenters. The lowest BCUT2D eigenvalue weighted by Gasteiger charge is -2.23. The number of anilines is 3. The molecule has 1 aliphatic heterocycles. The number of fused-ring (bicyclic) bond motifs is 1. The molecule has 1 saturated heterocycles. The average Bonchev–Trinajstić information content (AvgIpc) is 3.43. The van der Waals surface area contributed by atoms with E-state index >= 15 is 0 Å². The SMILES string of the molecule is C=C(O)c1cccc(-c2cc(Nc3cccc(N4CCCC4C)n3)c3ncnn3c2)c1. The van der Waals surface area contributed by atoms with Gasteiger partial charge in [-0.15, -0.1) is 0 Å². The molecule has 31 heavy (non-hydrogen) atoms. The molecule has 4 aromatic rings. The number of aliphatic hydroxyl groups is 1. The van der Waals surface area contributed by atoms with Gasteiger partial charge >= 0.3 is 0 Å². The largest absolute Gasteiger partial charge is 0.508 e. The Kier molecular flexibility index (Phi) is 4.78. The molecule has 1 aliphatic rings. The van der Waals surface area contributed by atoms with Gasteiger partial charge < -0.3 is 15.3 Å². The predicted molar refractivity (Wildman–Crippen MR) is 124 cm³/mol. The molecule has 7 nitrogen and oxygen atoms in total. The van der Waals surface area contributed by atoms with Crippen LogP contribution >= 0.6 is 0 Å². The lowest BCUT2D eigenvalue weighted by molar-refractivity contribution is 0.514. The number of rotatable bonds is 5. The maximum Gasteiger partial charge on any atom is 0.178 e. The highest BCUT2D eigenvalue weighted by Crippen LogP contribution is 2.30. The fourth-order valence-corrected chi connectivity index (χ4v) is 4.12. The average molecular weight is 412 g/mol. The number of pyridine rings is 2. The number of hydrogen-bond donors (Lipinski definition) is 2. The fourth-order valence-electron chi connectivity index (χ4n) is 4.12. The van der Waals surface area contributed by atoms with Crippen molar-refractivity contribution in [3.63, 3.8) is 0 Å². The summed E-state index contributed by atoms with van der Waals surface area (Å²) in [6.07, 6.45) is 5.85. The first-order valence-corrected chi connectivity index (χ1v) is 10.4. The minimum atomic E-state index is 0.0409. The second kappa shape index (κ2) is 7.75. The van der Waals surface area contributed by atoms with Crippen LogP contribution in [0.15, 0.2) is 67.6 Å². The van der Waals surface area contributed by atoms with Crippen LogP contribution in [0, 0.1) is 0 Å². The van der Waals surface area contributed by atoms with Gasteiger partial charge in [-0.25, -0.2) is 14.5 Å². The van der Waals surface area contributed by atoms with E-state index in [4.69, 9.17) is 4.98 Å². The van der Waals surface area contributed by atoms with Crippen molar-refractivity contribution in [1.82, 2.24) is 19.6 Å². The highest BCUT2D eigenvalue weighted by molar-refractivity contribution is 5.79. The van der Waals surface area contributed by atoms with E-state index in [-0.39, 0.29) is 5.76 Å². The molecule has 1 fully saturated rings. The molecule has 156 valence electrons.